The fraction of sp³-hybridized carbons (Fsp3) is 0.385. The average molecular weight is 485 g/mol. The minimum absolute atomic E-state index is 0.00476. The summed E-state index contributed by atoms with van der Waals surface area (Å²) < 4.78 is 10.4. The number of amides is 2. The summed E-state index contributed by atoms with van der Waals surface area (Å²) in [6.45, 7) is 4.35. The van der Waals surface area contributed by atoms with Gasteiger partial charge in [-0.2, -0.15) is 0 Å². The van der Waals surface area contributed by atoms with Gasteiger partial charge in [0.1, 0.15) is 25.2 Å². The van der Waals surface area contributed by atoms with E-state index in [1.54, 1.807) is 57.2 Å². The molecule has 9 heteroatoms. The second kappa shape index (κ2) is 13.7. The molecule has 0 spiro atoms. The van der Waals surface area contributed by atoms with Gasteiger partial charge < -0.3 is 24.8 Å². The van der Waals surface area contributed by atoms with Crippen molar-refractivity contribution >= 4 is 23.9 Å². The third-order valence-electron chi connectivity index (χ3n) is 5.17. The highest BCUT2D eigenvalue weighted by Gasteiger charge is 2.38. The maximum absolute atomic E-state index is 13.6. The van der Waals surface area contributed by atoms with Gasteiger partial charge in [-0.25, -0.2) is 9.59 Å². The van der Waals surface area contributed by atoms with E-state index in [1.165, 1.54) is 0 Å². The largest absolute Gasteiger partial charge is 0.480 e. The first-order valence-corrected chi connectivity index (χ1v) is 11.4. The summed E-state index contributed by atoms with van der Waals surface area (Å²) in [6.07, 6.45) is -0.764. The third kappa shape index (κ3) is 8.77. The van der Waals surface area contributed by atoms with Crippen LogP contribution in [0.5, 0.6) is 0 Å². The maximum atomic E-state index is 13.6. The fourth-order valence-corrected chi connectivity index (χ4v) is 3.60. The number of carboxylic acid groups (broad SMARTS) is 1. The second-order valence-corrected chi connectivity index (χ2v) is 8.25. The summed E-state index contributed by atoms with van der Waals surface area (Å²) >= 11 is 0. The molecule has 2 unspecified atom stereocenters. The lowest BCUT2D eigenvalue weighted by Gasteiger charge is -2.34. The summed E-state index contributed by atoms with van der Waals surface area (Å²) in [6, 6.07) is 15.7. The zero-order valence-corrected chi connectivity index (χ0v) is 20.2. The molecule has 2 atom stereocenters. The van der Waals surface area contributed by atoms with Crippen LogP contribution in [0.25, 0.3) is 0 Å². The van der Waals surface area contributed by atoms with Gasteiger partial charge in [0.2, 0.25) is 5.91 Å². The van der Waals surface area contributed by atoms with Gasteiger partial charge in [0.05, 0.1) is 6.61 Å². The number of benzene rings is 2. The smallest absolute Gasteiger partial charge is 0.408 e. The molecule has 0 radical (unpaired) electrons. The van der Waals surface area contributed by atoms with Gasteiger partial charge in [0.25, 0.3) is 0 Å². The molecule has 2 rings (SSSR count). The third-order valence-corrected chi connectivity index (χ3v) is 5.17. The van der Waals surface area contributed by atoms with Crippen molar-refractivity contribution in [2.24, 2.45) is 5.92 Å². The highest BCUT2D eigenvalue weighted by atomic mass is 16.5. The SMILES string of the molecule is CCOC(=O)C(C(C)C)N(CC(=O)O)C(=O)C(Cc1ccccc1)NC(=O)OCc1ccccc1. The van der Waals surface area contributed by atoms with Crippen molar-refractivity contribution in [1.82, 2.24) is 10.2 Å². The molecule has 0 saturated carbocycles. The van der Waals surface area contributed by atoms with E-state index in [0.29, 0.717) is 0 Å². The number of carbonyl (C=O) groups is 4. The van der Waals surface area contributed by atoms with Crippen LogP contribution in [0.1, 0.15) is 31.9 Å². The first-order chi connectivity index (χ1) is 16.7. The van der Waals surface area contributed by atoms with Crippen molar-refractivity contribution in [3.05, 3.63) is 71.8 Å². The van der Waals surface area contributed by atoms with E-state index in [4.69, 9.17) is 9.47 Å². The Morgan fingerprint density at radius 3 is 2.00 bits per heavy atom. The van der Waals surface area contributed by atoms with Crippen LogP contribution in [0.15, 0.2) is 60.7 Å². The van der Waals surface area contributed by atoms with Crippen molar-refractivity contribution < 1.29 is 33.8 Å². The zero-order valence-electron chi connectivity index (χ0n) is 20.2. The van der Waals surface area contributed by atoms with Gasteiger partial charge in [-0.05, 0) is 24.0 Å². The van der Waals surface area contributed by atoms with Crippen LogP contribution in [-0.2, 0) is 36.9 Å². The van der Waals surface area contributed by atoms with Gasteiger partial charge >= 0.3 is 18.0 Å². The number of esters is 1. The Bertz CT molecular complexity index is 980. The topological polar surface area (TPSA) is 122 Å². The molecule has 0 aliphatic rings. The number of rotatable bonds is 12. The van der Waals surface area contributed by atoms with Gasteiger partial charge in [-0.15, -0.1) is 0 Å². The highest BCUT2D eigenvalue weighted by Crippen LogP contribution is 2.17. The molecule has 2 N–H and O–H groups in total. The molecule has 2 aromatic rings. The van der Waals surface area contributed by atoms with Crippen LogP contribution in [0.4, 0.5) is 4.79 Å². The van der Waals surface area contributed by atoms with Crippen LogP contribution >= 0.6 is 0 Å². The lowest BCUT2D eigenvalue weighted by atomic mass is 9.99. The number of hydrogen-bond acceptors (Lipinski definition) is 6. The number of ether oxygens (including phenoxy) is 2. The molecule has 0 aromatic heterocycles. The summed E-state index contributed by atoms with van der Waals surface area (Å²) in [5.74, 6) is -3.15. The lowest BCUT2D eigenvalue weighted by Crippen LogP contribution is -2.57. The normalized spacial score (nSPS) is 12.3. The highest BCUT2D eigenvalue weighted by molar-refractivity contribution is 5.92. The lowest BCUT2D eigenvalue weighted by molar-refractivity contribution is -0.160. The number of nitrogens with one attached hydrogen (secondary N) is 1. The van der Waals surface area contributed by atoms with Crippen molar-refractivity contribution in [2.45, 2.75) is 45.9 Å². The summed E-state index contributed by atoms with van der Waals surface area (Å²) in [7, 11) is 0. The number of hydrogen-bond donors (Lipinski definition) is 2. The molecule has 0 aliphatic heterocycles. The van der Waals surface area contributed by atoms with Crippen molar-refractivity contribution in [2.75, 3.05) is 13.2 Å². The van der Waals surface area contributed by atoms with E-state index in [2.05, 4.69) is 5.32 Å². The molecular weight excluding hydrogens is 452 g/mol. The zero-order chi connectivity index (χ0) is 25.8. The molecule has 0 heterocycles. The Hall–Kier alpha value is -3.88. The Balaban J connectivity index is 2.30. The summed E-state index contributed by atoms with van der Waals surface area (Å²) in [5.41, 5.74) is 1.50. The van der Waals surface area contributed by atoms with Gasteiger partial charge in [-0.1, -0.05) is 74.5 Å². The monoisotopic (exact) mass is 484 g/mol. The molecule has 9 nitrogen and oxygen atoms in total. The average Bonchev–Trinajstić information content (AvgIpc) is 2.82. The number of aliphatic carboxylic acids is 1. The number of nitrogens with zero attached hydrogens (tertiary/aromatic N) is 1. The Morgan fingerprint density at radius 2 is 1.49 bits per heavy atom. The number of carboxylic acids is 1. The van der Waals surface area contributed by atoms with E-state index >= 15 is 0 Å². The molecule has 0 aliphatic carbocycles. The molecule has 2 aromatic carbocycles. The van der Waals surface area contributed by atoms with E-state index < -0.39 is 48.5 Å². The van der Waals surface area contributed by atoms with Crippen LogP contribution in [0.3, 0.4) is 0 Å². The standard InChI is InChI=1S/C26H32N2O7/c1-4-34-25(32)23(18(2)3)28(16-22(29)30)24(31)21(15-19-11-7-5-8-12-19)27-26(33)35-17-20-13-9-6-10-14-20/h5-14,18,21,23H,4,15-17H2,1-3H3,(H,27,33)(H,29,30). The summed E-state index contributed by atoms with van der Waals surface area (Å²) in [4.78, 5) is 51.5. The van der Waals surface area contributed by atoms with Gasteiger partial charge in [-0.3, -0.25) is 9.59 Å². The minimum Gasteiger partial charge on any atom is -0.480 e. The first kappa shape index (κ1) is 27.4. The van der Waals surface area contributed by atoms with E-state index in [-0.39, 0.29) is 19.6 Å². The predicted molar refractivity (Wildman–Crippen MR) is 128 cm³/mol. The molecule has 188 valence electrons. The first-order valence-electron chi connectivity index (χ1n) is 11.4. The second-order valence-electron chi connectivity index (χ2n) is 8.25. The van der Waals surface area contributed by atoms with Gasteiger partial charge in [0.15, 0.2) is 0 Å². The van der Waals surface area contributed by atoms with Crippen molar-refractivity contribution in [3.63, 3.8) is 0 Å². The molecular formula is C26H32N2O7. The molecule has 0 fully saturated rings. The molecule has 0 bridgehead atoms. The summed E-state index contributed by atoms with van der Waals surface area (Å²) in [5, 5.41) is 12.0. The molecule has 0 saturated heterocycles. The van der Waals surface area contributed by atoms with Crippen LogP contribution in [-0.4, -0.2) is 59.2 Å². The van der Waals surface area contributed by atoms with E-state index in [9.17, 15) is 24.3 Å². The molecule has 35 heavy (non-hydrogen) atoms. The van der Waals surface area contributed by atoms with E-state index in [0.717, 1.165) is 16.0 Å². The van der Waals surface area contributed by atoms with Gasteiger partial charge in [0, 0.05) is 6.42 Å². The Morgan fingerprint density at radius 1 is 0.914 bits per heavy atom. The van der Waals surface area contributed by atoms with Crippen molar-refractivity contribution in [1.29, 1.82) is 0 Å². The minimum atomic E-state index is -1.29. The van der Waals surface area contributed by atoms with Crippen LogP contribution < -0.4 is 5.32 Å². The number of carbonyl (C=O) groups excluding carboxylic acids is 3. The predicted octanol–water partition coefficient (Wildman–Crippen LogP) is 3.03. The van der Waals surface area contributed by atoms with Crippen LogP contribution in [0, 0.1) is 5.92 Å². The quantitative estimate of drug-likeness (QED) is 0.444. The van der Waals surface area contributed by atoms with Crippen molar-refractivity contribution in [3.8, 4) is 0 Å². The number of alkyl carbamates (subject to hydrolysis) is 1. The van der Waals surface area contributed by atoms with Crippen LogP contribution in [0.2, 0.25) is 0 Å². The fourth-order valence-electron chi connectivity index (χ4n) is 3.60. The Labute approximate surface area is 205 Å². The molecule has 2 amide bonds. The Kier molecular flexibility index (Phi) is 10.7. The van der Waals surface area contributed by atoms with E-state index in [1.807, 2.05) is 24.3 Å². The maximum Gasteiger partial charge on any atom is 0.408 e.